The number of hydrogen-bond donors (Lipinski definition) is 1. The van der Waals surface area contributed by atoms with E-state index < -0.39 is 0 Å². The van der Waals surface area contributed by atoms with Gasteiger partial charge in [0.25, 0.3) is 11.8 Å². The first kappa shape index (κ1) is 18.9. The van der Waals surface area contributed by atoms with E-state index in [0.29, 0.717) is 36.6 Å². The fourth-order valence-corrected chi connectivity index (χ4v) is 3.66. The van der Waals surface area contributed by atoms with E-state index in [4.69, 9.17) is 4.74 Å². The predicted molar refractivity (Wildman–Crippen MR) is 103 cm³/mol. The number of hydrogen-bond acceptors (Lipinski definition) is 5. The first-order chi connectivity index (χ1) is 12.6. The molecule has 0 radical (unpaired) electrons. The first-order valence-corrected chi connectivity index (χ1v) is 10.2. The van der Waals surface area contributed by atoms with Crippen molar-refractivity contribution in [1.82, 2.24) is 15.3 Å². The molecule has 1 aromatic rings. The molecule has 1 N–H and O–H groups in total. The molecule has 0 atom stereocenters. The van der Waals surface area contributed by atoms with Gasteiger partial charge in [-0.15, -0.1) is 0 Å². The van der Waals surface area contributed by atoms with Gasteiger partial charge in [0, 0.05) is 19.6 Å². The van der Waals surface area contributed by atoms with Gasteiger partial charge in [-0.3, -0.25) is 4.79 Å². The Kier molecular flexibility index (Phi) is 6.69. The largest absolute Gasteiger partial charge is 0.475 e. The summed E-state index contributed by atoms with van der Waals surface area (Å²) in [5, 5.41) is 2.93. The molecule has 1 amide bonds. The number of carbonyl (C=O) groups is 1. The van der Waals surface area contributed by atoms with Gasteiger partial charge in [0.1, 0.15) is 0 Å². The molecule has 6 nitrogen and oxygen atoms in total. The molecule has 2 aliphatic rings. The number of anilines is 1. The van der Waals surface area contributed by atoms with Crippen LogP contribution < -0.4 is 15.0 Å². The van der Waals surface area contributed by atoms with E-state index in [1.165, 1.54) is 38.5 Å². The molecule has 1 aliphatic carbocycles. The zero-order chi connectivity index (χ0) is 18.4. The van der Waals surface area contributed by atoms with E-state index in [1.54, 1.807) is 6.20 Å². The van der Waals surface area contributed by atoms with Crippen LogP contribution in [-0.4, -0.2) is 42.1 Å². The van der Waals surface area contributed by atoms with Crippen LogP contribution in [0.5, 0.6) is 5.88 Å². The van der Waals surface area contributed by atoms with Gasteiger partial charge in [-0.1, -0.05) is 26.7 Å². The van der Waals surface area contributed by atoms with Crippen LogP contribution in [-0.2, 0) is 0 Å². The molecule has 0 spiro atoms. The van der Waals surface area contributed by atoms with Crippen LogP contribution in [0.2, 0.25) is 0 Å². The number of rotatable bonds is 8. The highest BCUT2D eigenvalue weighted by atomic mass is 16.5. The van der Waals surface area contributed by atoms with Crippen molar-refractivity contribution in [2.24, 2.45) is 11.8 Å². The third-order valence-corrected chi connectivity index (χ3v) is 5.30. The molecule has 3 rings (SSSR count). The number of nitrogens with one attached hydrogen (secondary N) is 1. The van der Waals surface area contributed by atoms with Gasteiger partial charge in [0.05, 0.1) is 12.8 Å². The van der Waals surface area contributed by atoms with E-state index in [-0.39, 0.29) is 5.91 Å². The summed E-state index contributed by atoms with van der Waals surface area (Å²) in [7, 11) is 0. The number of ether oxygens (including phenoxy) is 1. The van der Waals surface area contributed by atoms with E-state index in [2.05, 4.69) is 34.0 Å². The predicted octanol–water partition coefficient (Wildman–Crippen LogP) is 3.42. The summed E-state index contributed by atoms with van der Waals surface area (Å²) in [6.07, 6.45) is 9.90. The number of amides is 1. The molecular weight excluding hydrogens is 328 g/mol. The highest BCUT2D eigenvalue weighted by Gasteiger charge is 2.23. The Labute approximate surface area is 156 Å². The molecule has 1 saturated heterocycles. The summed E-state index contributed by atoms with van der Waals surface area (Å²) in [6, 6.07) is 0. The number of aromatic nitrogens is 2. The Hall–Kier alpha value is -1.85. The van der Waals surface area contributed by atoms with E-state index in [0.717, 1.165) is 25.3 Å². The molecule has 6 heteroatoms. The maximum atomic E-state index is 12.4. The Morgan fingerprint density at radius 3 is 2.69 bits per heavy atom. The van der Waals surface area contributed by atoms with Crippen molar-refractivity contribution in [3.8, 4) is 5.88 Å². The van der Waals surface area contributed by atoms with Crippen LogP contribution in [0.15, 0.2) is 6.20 Å². The fraction of sp³-hybridized carbons (Fsp3) is 0.750. The average molecular weight is 361 g/mol. The standard InChI is InChI=1S/C20H32N4O2/c1-15(2)9-10-21-19(25)17-13-22-18(24-11-5-6-12-24)20(23-17)26-14-16-7-3-4-8-16/h13,15-16H,3-12,14H2,1-2H3,(H,21,25). The second-order valence-corrected chi connectivity index (χ2v) is 7.98. The van der Waals surface area contributed by atoms with Crippen molar-refractivity contribution < 1.29 is 9.53 Å². The Balaban J connectivity index is 1.69. The van der Waals surface area contributed by atoms with Crippen molar-refractivity contribution in [2.75, 3.05) is 31.1 Å². The van der Waals surface area contributed by atoms with Crippen molar-refractivity contribution in [1.29, 1.82) is 0 Å². The summed E-state index contributed by atoms with van der Waals surface area (Å²) >= 11 is 0. The quantitative estimate of drug-likeness (QED) is 0.769. The maximum absolute atomic E-state index is 12.4. The lowest BCUT2D eigenvalue weighted by Crippen LogP contribution is -2.27. The molecule has 2 fully saturated rings. The third-order valence-electron chi connectivity index (χ3n) is 5.30. The summed E-state index contributed by atoms with van der Waals surface area (Å²) in [4.78, 5) is 23.7. The maximum Gasteiger partial charge on any atom is 0.271 e. The molecule has 1 aliphatic heterocycles. The molecule has 0 bridgehead atoms. The van der Waals surface area contributed by atoms with Crippen molar-refractivity contribution >= 4 is 11.7 Å². The van der Waals surface area contributed by atoms with Crippen LogP contribution in [0, 0.1) is 11.8 Å². The van der Waals surface area contributed by atoms with Gasteiger partial charge in [-0.05, 0) is 43.9 Å². The van der Waals surface area contributed by atoms with Crippen molar-refractivity contribution in [2.45, 2.75) is 58.8 Å². The first-order valence-electron chi connectivity index (χ1n) is 10.2. The fourth-order valence-electron chi connectivity index (χ4n) is 3.66. The second kappa shape index (κ2) is 9.19. The lowest BCUT2D eigenvalue weighted by molar-refractivity contribution is 0.0945. The minimum absolute atomic E-state index is 0.170. The van der Waals surface area contributed by atoms with Gasteiger partial charge in [-0.25, -0.2) is 9.97 Å². The van der Waals surface area contributed by atoms with Crippen LogP contribution in [0.1, 0.15) is 69.3 Å². The Morgan fingerprint density at radius 2 is 2.00 bits per heavy atom. The minimum Gasteiger partial charge on any atom is -0.475 e. The van der Waals surface area contributed by atoms with E-state index in [1.807, 2.05) is 0 Å². The average Bonchev–Trinajstić information content (AvgIpc) is 3.33. The van der Waals surface area contributed by atoms with E-state index in [9.17, 15) is 4.79 Å². The smallest absolute Gasteiger partial charge is 0.271 e. The molecule has 1 saturated carbocycles. The zero-order valence-corrected chi connectivity index (χ0v) is 16.2. The van der Waals surface area contributed by atoms with E-state index >= 15 is 0 Å². The summed E-state index contributed by atoms with van der Waals surface area (Å²) in [5.74, 6) is 2.31. The van der Waals surface area contributed by atoms with Crippen LogP contribution >= 0.6 is 0 Å². The molecular formula is C20H32N4O2. The van der Waals surface area contributed by atoms with Gasteiger partial charge in [-0.2, -0.15) is 0 Å². The monoisotopic (exact) mass is 360 g/mol. The Bertz CT molecular complexity index is 593. The number of nitrogens with zero attached hydrogens (tertiary/aromatic N) is 3. The van der Waals surface area contributed by atoms with Gasteiger partial charge >= 0.3 is 0 Å². The molecule has 0 aromatic carbocycles. The third kappa shape index (κ3) is 5.08. The Morgan fingerprint density at radius 1 is 1.27 bits per heavy atom. The molecule has 1 aromatic heterocycles. The summed E-state index contributed by atoms with van der Waals surface area (Å²) in [6.45, 7) is 7.58. The van der Waals surface area contributed by atoms with Gasteiger partial charge < -0.3 is 15.0 Å². The summed E-state index contributed by atoms with van der Waals surface area (Å²) in [5.41, 5.74) is 0.345. The molecule has 2 heterocycles. The van der Waals surface area contributed by atoms with Gasteiger partial charge in [0.15, 0.2) is 11.5 Å². The lowest BCUT2D eigenvalue weighted by atomic mass is 10.1. The number of carbonyl (C=O) groups excluding carboxylic acids is 1. The SMILES string of the molecule is CC(C)CCNC(=O)c1cnc(N2CCCC2)c(OCC2CCCC2)n1. The minimum atomic E-state index is -0.170. The zero-order valence-electron chi connectivity index (χ0n) is 16.2. The van der Waals surface area contributed by atoms with Crippen molar-refractivity contribution in [3.63, 3.8) is 0 Å². The highest BCUT2D eigenvalue weighted by Crippen LogP contribution is 2.30. The van der Waals surface area contributed by atoms with Crippen LogP contribution in [0.3, 0.4) is 0 Å². The molecule has 26 heavy (non-hydrogen) atoms. The lowest BCUT2D eigenvalue weighted by Gasteiger charge is -2.20. The molecule has 144 valence electrons. The van der Waals surface area contributed by atoms with Crippen LogP contribution in [0.25, 0.3) is 0 Å². The van der Waals surface area contributed by atoms with Crippen LogP contribution in [0.4, 0.5) is 5.82 Å². The topological polar surface area (TPSA) is 67.4 Å². The second-order valence-electron chi connectivity index (χ2n) is 7.98. The normalized spacial score (nSPS) is 17.9. The van der Waals surface area contributed by atoms with Crippen molar-refractivity contribution in [3.05, 3.63) is 11.9 Å². The highest BCUT2D eigenvalue weighted by molar-refractivity contribution is 5.92. The molecule has 0 unspecified atom stereocenters. The summed E-state index contributed by atoms with van der Waals surface area (Å²) < 4.78 is 6.07. The van der Waals surface area contributed by atoms with Gasteiger partial charge in [0.2, 0.25) is 0 Å².